The van der Waals surface area contributed by atoms with Crippen molar-refractivity contribution >= 4 is 11.9 Å². The maximum atomic E-state index is 13.1. The van der Waals surface area contributed by atoms with E-state index in [1.54, 1.807) is 19.1 Å². The van der Waals surface area contributed by atoms with Crippen molar-refractivity contribution in [3.63, 3.8) is 0 Å². The number of carbonyl (C=O) groups excluding carboxylic acids is 1. The van der Waals surface area contributed by atoms with Crippen LogP contribution < -0.4 is 0 Å². The molecule has 0 aliphatic carbocycles. The number of carboxylic acids is 1. The summed E-state index contributed by atoms with van der Waals surface area (Å²) in [7, 11) is 0. The molecule has 1 saturated heterocycles. The molecule has 0 unspecified atom stereocenters. The molecule has 25 heavy (non-hydrogen) atoms. The molecule has 0 radical (unpaired) electrons. The molecule has 1 aromatic carbocycles. The number of aromatic nitrogens is 4. The van der Waals surface area contributed by atoms with Gasteiger partial charge in [-0.2, -0.15) is 0 Å². The first-order valence-corrected chi connectivity index (χ1v) is 7.96. The standard InChI is InChI=1S/C16H18FN5O3/c1-10-18-19-20-22(10)14(8-11-2-4-13(17)5-3-11)15(23)21-7-6-12(9-21)16(24)25/h2-5,12,14H,6-9H2,1H3,(H,24,25)/t12-,14-/m0/s1. The molecular weight excluding hydrogens is 329 g/mol. The van der Waals surface area contributed by atoms with Gasteiger partial charge in [0.25, 0.3) is 0 Å². The predicted octanol–water partition coefficient (Wildman–Crippen LogP) is 0.838. The lowest BCUT2D eigenvalue weighted by Crippen LogP contribution is -2.38. The minimum absolute atomic E-state index is 0.176. The zero-order valence-corrected chi connectivity index (χ0v) is 13.7. The highest BCUT2D eigenvalue weighted by Gasteiger charge is 2.35. The molecule has 2 atom stereocenters. The first-order valence-electron chi connectivity index (χ1n) is 7.96. The van der Waals surface area contributed by atoms with Crippen LogP contribution in [0.15, 0.2) is 24.3 Å². The van der Waals surface area contributed by atoms with Gasteiger partial charge in [0, 0.05) is 19.5 Å². The Kier molecular flexibility index (Phi) is 4.73. The van der Waals surface area contributed by atoms with Crippen LogP contribution in [0.4, 0.5) is 4.39 Å². The number of likely N-dealkylation sites (tertiary alicyclic amines) is 1. The van der Waals surface area contributed by atoms with Crippen molar-refractivity contribution in [2.24, 2.45) is 5.92 Å². The molecule has 0 saturated carbocycles. The number of amides is 1. The molecule has 1 aliphatic heterocycles. The molecule has 132 valence electrons. The lowest BCUT2D eigenvalue weighted by Gasteiger charge is -2.23. The zero-order chi connectivity index (χ0) is 18.0. The second kappa shape index (κ2) is 6.96. The lowest BCUT2D eigenvalue weighted by molar-refractivity contribution is -0.141. The summed E-state index contributed by atoms with van der Waals surface area (Å²) in [4.78, 5) is 25.6. The van der Waals surface area contributed by atoms with Gasteiger partial charge in [0.2, 0.25) is 5.91 Å². The molecule has 3 rings (SSSR count). The Morgan fingerprint density at radius 2 is 2.08 bits per heavy atom. The number of carboxylic acid groups (broad SMARTS) is 1. The number of benzene rings is 1. The third kappa shape index (κ3) is 3.65. The fourth-order valence-electron chi connectivity index (χ4n) is 3.02. The summed E-state index contributed by atoms with van der Waals surface area (Å²) in [6.45, 7) is 2.25. The van der Waals surface area contributed by atoms with Crippen LogP contribution in [-0.4, -0.2) is 55.2 Å². The number of hydrogen-bond acceptors (Lipinski definition) is 5. The van der Waals surface area contributed by atoms with Gasteiger partial charge in [-0.05, 0) is 41.5 Å². The van der Waals surface area contributed by atoms with Gasteiger partial charge in [-0.15, -0.1) is 5.10 Å². The number of carbonyl (C=O) groups is 2. The summed E-state index contributed by atoms with van der Waals surface area (Å²) in [6, 6.07) is 5.19. The molecule has 2 aromatic rings. The number of halogens is 1. The molecule has 0 bridgehead atoms. The van der Waals surface area contributed by atoms with Crippen LogP contribution in [0.25, 0.3) is 0 Å². The molecule has 1 aromatic heterocycles. The summed E-state index contributed by atoms with van der Waals surface area (Å²) >= 11 is 0. The minimum Gasteiger partial charge on any atom is -0.481 e. The maximum absolute atomic E-state index is 13.1. The normalized spacial score (nSPS) is 18.3. The summed E-state index contributed by atoms with van der Waals surface area (Å²) in [5, 5.41) is 20.4. The van der Waals surface area contributed by atoms with Gasteiger partial charge in [0.1, 0.15) is 17.7 Å². The van der Waals surface area contributed by atoms with E-state index in [0.29, 0.717) is 25.2 Å². The molecule has 2 heterocycles. The Bertz CT molecular complexity index is 776. The van der Waals surface area contributed by atoms with Gasteiger partial charge in [-0.3, -0.25) is 9.59 Å². The van der Waals surface area contributed by atoms with Gasteiger partial charge < -0.3 is 10.0 Å². The van der Waals surface area contributed by atoms with Gasteiger partial charge >= 0.3 is 5.97 Å². The van der Waals surface area contributed by atoms with Gasteiger partial charge in [-0.25, -0.2) is 9.07 Å². The second-order valence-corrected chi connectivity index (χ2v) is 6.13. The Hall–Kier alpha value is -2.84. The number of aryl methyl sites for hydroxylation is 1. The molecule has 0 spiro atoms. The molecule has 1 fully saturated rings. The van der Waals surface area contributed by atoms with Crippen molar-refractivity contribution in [1.29, 1.82) is 0 Å². The van der Waals surface area contributed by atoms with Crippen LogP contribution in [-0.2, 0) is 16.0 Å². The van der Waals surface area contributed by atoms with E-state index in [-0.39, 0.29) is 18.3 Å². The summed E-state index contributed by atoms with van der Waals surface area (Å²) in [5.41, 5.74) is 0.767. The first-order chi connectivity index (χ1) is 12.0. The SMILES string of the molecule is Cc1nnnn1[C@@H](Cc1ccc(F)cc1)C(=O)N1CC[C@H](C(=O)O)C1. The van der Waals surface area contributed by atoms with Crippen molar-refractivity contribution in [1.82, 2.24) is 25.1 Å². The smallest absolute Gasteiger partial charge is 0.308 e. The average Bonchev–Trinajstić information content (AvgIpc) is 3.23. The lowest BCUT2D eigenvalue weighted by atomic mass is 10.0. The largest absolute Gasteiger partial charge is 0.481 e. The summed E-state index contributed by atoms with van der Waals surface area (Å²) in [6.07, 6.45) is 0.720. The van der Waals surface area contributed by atoms with Crippen LogP contribution >= 0.6 is 0 Å². The third-order valence-electron chi connectivity index (χ3n) is 4.43. The van der Waals surface area contributed by atoms with Crippen molar-refractivity contribution in [2.45, 2.75) is 25.8 Å². The summed E-state index contributed by atoms with van der Waals surface area (Å²) in [5.74, 6) is -1.55. The highest BCUT2D eigenvalue weighted by atomic mass is 19.1. The van der Waals surface area contributed by atoms with Crippen LogP contribution in [0.3, 0.4) is 0 Å². The number of rotatable bonds is 5. The Morgan fingerprint density at radius 1 is 1.36 bits per heavy atom. The van der Waals surface area contributed by atoms with E-state index < -0.39 is 17.9 Å². The van der Waals surface area contributed by atoms with Gasteiger partial charge in [-0.1, -0.05) is 12.1 Å². The van der Waals surface area contributed by atoms with Crippen LogP contribution in [0.1, 0.15) is 23.9 Å². The van der Waals surface area contributed by atoms with E-state index >= 15 is 0 Å². The topological polar surface area (TPSA) is 101 Å². The van der Waals surface area contributed by atoms with E-state index in [1.165, 1.54) is 21.7 Å². The highest BCUT2D eigenvalue weighted by Crippen LogP contribution is 2.23. The molecular formula is C16H18FN5O3. The highest BCUT2D eigenvalue weighted by molar-refractivity contribution is 5.82. The Labute approximate surface area is 143 Å². The quantitative estimate of drug-likeness (QED) is 0.860. The zero-order valence-electron chi connectivity index (χ0n) is 13.7. The fourth-order valence-corrected chi connectivity index (χ4v) is 3.02. The maximum Gasteiger partial charge on any atom is 0.308 e. The number of hydrogen-bond donors (Lipinski definition) is 1. The number of aliphatic carboxylic acids is 1. The van der Waals surface area contributed by atoms with Gasteiger partial charge in [0.15, 0.2) is 0 Å². The van der Waals surface area contributed by atoms with Crippen LogP contribution in [0, 0.1) is 18.7 Å². The van der Waals surface area contributed by atoms with Crippen molar-refractivity contribution < 1.29 is 19.1 Å². The van der Waals surface area contributed by atoms with E-state index in [9.17, 15) is 14.0 Å². The predicted molar refractivity (Wildman–Crippen MR) is 84.0 cm³/mol. The molecule has 8 nitrogen and oxygen atoms in total. The van der Waals surface area contributed by atoms with Crippen molar-refractivity contribution in [3.8, 4) is 0 Å². The van der Waals surface area contributed by atoms with E-state index in [1.807, 2.05) is 0 Å². The average molecular weight is 347 g/mol. The van der Waals surface area contributed by atoms with Crippen LogP contribution in [0.2, 0.25) is 0 Å². The second-order valence-electron chi connectivity index (χ2n) is 6.13. The first kappa shape index (κ1) is 17.0. The van der Waals surface area contributed by atoms with Gasteiger partial charge in [0.05, 0.1) is 5.92 Å². The molecule has 1 aliphatic rings. The monoisotopic (exact) mass is 347 g/mol. The van der Waals surface area contributed by atoms with Crippen LogP contribution in [0.5, 0.6) is 0 Å². The molecule has 1 amide bonds. The van der Waals surface area contributed by atoms with E-state index in [0.717, 1.165) is 5.56 Å². The molecule has 9 heteroatoms. The fraction of sp³-hybridized carbons (Fsp3) is 0.438. The van der Waals surface area contributed by atoms with E-state index in [4.69, 9.17) is 5.11 Å². The Balaban J connectivity index is 1.84. The van der Waals surface area contributed by atoms with E-state index in [2.05, 4.69) is 15.5 Å². The number of nitrogens with zero attached hydrogens (tertiary/aromatic N) is 5. The Morgan fingerprint density at radius 3 is 2.64 bits per heavy atom. The number of tetrazole rings is 1. The summed E-state index contributed by atoms with van der Waals surface area (Å²) < 4.78 is 14.5. The molecule has 1 N–H and O–H groups in total. The third-order valence-corrected chi connectivity index (χ3v) is 4.43. The van der Waals surface area contributed by atoms with Crippen molar-refractivity contribution in [2.75, 3.05) is 13.1 Å². The minimum atomic E-state index is -0.899. The van der Waals surface area contributed by atoms with Crippen molar-refractivity contribution in [3.05, 3.63) is 41.5 Å².